The van der Waals surface area contributed by atoms with Crippen LogP contribution in [-0.4, -0.2) is 58.7 Å². The maximum absolute atomic E-state index is 12.5. The number of methoxy groups -OCH3 is 1. The van der Waals surface area contributed by atoms with Crippen molar-refractivity contribution in [2.45, 2.75) is 50.9 Å². The smallest absolute Gasteiger partial charge is 0.411 e. The number of carboxylic acids is 1. The molecule has 1 amide bonds. The predicted molar refractivity (Wildman–Crippen MR) is 96.9 cm³/mol. The average Bonchev–Trinajstić information content (AvgIpc) is 3.18. The minimum absolute atomic E-state index is 0.0982. The summed E-state index contributed by atoms with van der Waals surface area (Å²) < 4.78 is 10.7. The highest BCUT2D eigenvalue weighted by Crippen LogP contribution is 2.40. The standard InChI is InChI=1S/C19H24N2O6/c1-18(2,3)26-17(24)21-11-19(10-14(21)16(22)23)9-13(20-27-19)12-7-5-6-8-15(12)25-4/h5-8,14H,9-11H2,1-4H3,(H,22,23)/t14-,19+/m0/s1. The van der Waals surface area contributed by atoms with Crippen LogP contribution in [-0.2, 0) is 14.4 Å². The molecule has 146 valence electrons. The van der Waals surface area contributed by atoms with Crippen molar-refractivity contribution in [2.75, 3.05) is 13.7 Å². The van der Waals surface area contributed by atoms with Gasteiger partial charge in [0.25, 0.3) is 0 Å². The highest BCUT2D eigenvalue weighted by atomic mass is 16.7. The minimum atomic E-state index is -1.09. The normalized spacial score (nSPS) is 24.5. The fourth-order valence-electron chi connectivity index (χ4n) is 3.42. The summed E-state index contributed by atoms with van der Waals surface area (Å²) in [6.07, 6.45) is -0.138. The fraction of sp³-hybridized carbons (Fsp3) is 0.526. The SMILES string of the molecule is COc1ccccc1C1=NO[C@]2(C1)C[C@@H](C(=O)O)N(C(=O)OC(C)(C)C)C2. The fourth-order valence-corrected chi connectivity index (χ4v) is 3.42. The topological polar surface area (TPSA) is 97.7 Å². The summed E-state index contributed by atoms with van der Waals surface area (Å²) in [4.78, 5) is 31.1. The van der Waals surface area contributed by atoms with E-state index in [4.69, 9.17) is 14.3 Å². The molecule has 2 aliphatic rings. The molecule has 0 aliphatic carbocycles. The van der Waals surface area contributed by atoms with Crippen LogP contribution in [0.1, 0.15) is 39.2 Å². The molecule has 1 aromatic rings. The maximum Gasteiger partial charge on any atom is 0.411 e. The van der Waals surface area contributed by atoms with Crippen molar-refractivity contribution >= 4 is 17.8 Å². The third kappa shape index (κ3) is 3.84. The summed E-state index contributed by atoms with van der Waals surface area (Å²) >= 11 is 0. The zero-order valence-electron chi connectivity index (χ0n) is 15.9. The quantitative estimate of drug-likeness (QED) is 0.871. The first-order chi connectivity index (χ1) is 12.6. The number of rotatable bonds is 3. The maximum atomic E-state index is 12.5. The Labute approximate surface area is 157 Å². The average molecular weight is 376 g/mol. The number of benzene rings is 1. The Hall–Kier alpha value is -2.77. The van der Waals surface area contributed by atoms with E-state index in [9.17, 15) is 14.7 Å². The van der Waals surface area contributed by atoms with Crippen LogP contribution in [0.15, 0.2) is 29.4 Å². The first-order valence-electron chi connectivity index (χ1n) is 8.75. The molecule has 1 fully saturated rings. The van der Waals surface area contributed by atoms with E-state index in [0.29, 0.717) is 17.9 Å². The Morgan fingerprint density at radius 2 is 2.04 bits per heavy atom. The Bertz CT molecular complexity index is 785. The van der Waals surface area contributed by atoms with Crippen LogP contribution >= 0.6 is 0 Å². The number of ether oxygens (including phenoxy) is 2. The zero-order chi connectivity index (χ0) is 19.8. The highest BCUT2D eigenvalue weighted by molar-refractivity contribution is 6.04. The molecule has 0 saturated carbocycles. The van der Waals surface area contributed by atoms with E-state index < -0.39 is 29.3 Å². The lowest BCUT2D eigenvalue weighted by atomic mass is 9.91. The number of nitrogens with zero attached hydrogens (tertiary/aromatic N) is 2. The summed E-state index contributed by atoms with van der Waals surface area (Å²) in [7, 11) is 1.57. The van der Waals surface area contributed by atoms with Gasteiger partial charge in [-0.1, -0.05) is 17.3 Å². The molecule has 2 heterocycles. The molecule has 2 aliphatic heterocycles. The summed E-state index contributed by atoms with van der Waals surface area (Å²) in [5.41, 5.74) is -0.135. The van der Waals surface area contributed by atoms with Gasteiger partial charge in [0.15, 0.2) is 5.60 Å². The van der Waals surface area contributed by atoms with Gasteiger partial charge < -0.3 is 19.4 Å². The van der Waals surface area contributed by atoms with Gasteiger partial charge in [-0.15, -0.1) is 0 Å². The molecule has 1 N–H and O–H groups in total. The Morgan fingerprint density at radius 3 is 2.67 bits per heavy atom. The number of carbonyl (C=O) groups is 2. The second kappa shape index (κ2) is 6.75. The van der Waals surface area contributed by atoms with Crippen LogP contribution in [0, 0.1) is 0 Å². The number of oxime groups is 1. The van der Waals surface area contributed by atoms with Crippen molar-refractivity contribution < 1.29 is 29.0 Å². The monoisotopic (exact) mass is 376 g/mol. The van der Waals surface area contributed by atoms with E-state index in [1.165, 1.54) is 4.90 Å². The molecule has 3 rings (SSSR count). The molecule has 1 aromatic carbocycles. The molecule has 1 saturated heterocycles. The molecule has 2 atom stereocenters. The predicted octanol–water partition coefficient (Wildman–Crippen LogP) is 2.65. The van der Waals surface area contributed by atoms with Crippen molar-refractivity contribution in [2.24, 2.45) is 5.16 Å². The molecule has 0 unspecified atom stereocenters. The van der Waals surface area contributed by atoms with Gasteiger partial charge in [-0.3, -0.25) is 4.90 Å². The second-order valence-corrected chi connectivity index (χ2v) is 7.86. The summed E-state index contributed by atoms with van der Waals surface area (Å²) in [5, 5.41) is 13.8. The number of hydrogen-bond acceptors (Lipinski definition) is 6. The number of para-hydroxylation sites is 1. The van der Waals surface area contributed by atoms with E-state index in [0.717, 1.165) is 5.56 Å². The molecule has 27 heavy (non-hydrogen) atoms. The molecule has 0 bridgehead atoms. The Morgan fingerprint density at radius 1 is 1.33 bits per heavy atom. The van der Waals surface area contributed by atoms with Gasteiger partial charge in [-0.25, -0.2) is 9.59 Å². The molecular formula is C19H24N2O6. The summed E-state index contributed by atoms with van der Waals surface area (Å²) in [6, 6.07) is 6.40. The minimum Gasteiger partial charge on any atom is -0.496 e. The first kappa shape index (κ1) is 19.0. The van der Waals surface area contributed by atoms with Crippen LogP contribution in [0.2, 0.25) is 0 Å². The van der Waals surface area contributed by atoms with Crippen molar-refractivity contribution in [1.82, 2.24) is 4.90 Å². The van der Waals surface area contributed by atoms with Gasteiger partial charge in [0, 0.05) is 18.4 Å². The van der Waals surface area contributed by atoms with E-state index in [1.807, 2.05) is 24.3 Å². The van der Waals surface area contributed by atoms with Gasteiger partial charge in [0.2, 0.25) is 0 Å². The van der Waals surface area contributed by atoms with Crippen molar-refractivity contribution in [3.8, 4) is 5.75 Å². The van der Waals surface area contributed by atoms with Crippen LogP contribution in [0.4, 0.5) is 4.79 Å². The van der Waals surface area contributed by atoms with E-state index in [1.54, 1.807) is 27.9 Å². The molecule has 0 aromatic heterocycles. The van der Waals surface area contributed by atoms with Crippen LogP contribution < -0.4 is 4.74 Å². The third-order valence-corrected chi connectivity index (χ3v) is 4.57. The van der Waals surface area contributed by atoms with E-state index in [-0.39, 0.29) is 13.0 Å². The lowest BCUT2D eigenvalue weighted by Gasteiger charge is -2.27. The number of aliphatic carboxylic acids is 1. The van der Waals surface area contributed by atoms with Crippen molar-refractivity contribution in [3.63, 3.8) is 0 Å². The molecule has 0 radical (unpaired) electrons. The molecule has 8 nitrogen and oxygen atoms in total. The van der Waals surface area contributed by atoms with Crippen LogP contribution in [0.25, 0.3) is 0 Å². The van der Waals surface area contributed by atoms with Crippen LogP contribution in [0.5, 0.6) is 5.75 Å². The van der Waals surface area contributed by atoms with E-state index >= 15 is 0 Å². The van der Waals surface area contributed by atoms with Gasteiger partial charge in [-0.05, 0) is 32.9 Å². The zero-order valence-corrected chi connectivity index (χ0v) is 15.9. The Balaban J connectivity index is 1.80. The Kier molecular flexibility index (Phi) is 4.75. The lowest BCUT2D eigenvalue weighted by Crippen LogP contribution is -2.44. The number of amides is 1. The van der Waals surface area contributed by atoms with Crippen molar-refractivity contribution in [1.29, 1.82) is 0 Å². The molecule has 1 spiro atoms. The van der Waals surface area contributed by atoms with Gasteiger partial charge in [0.05, 0.1) is 19.4 Å². The highest BCUT2D eigenvalue weighted by Gasteiger charge is 2.55. The van der Waals surface area contributed by atoms with Gasteiger partial charge in [0.1, 0.15) is 17.4 Å². The number of carboxylic acid groups (broad SMARTS) is 1. The number of hydrogen-bond donors (Lipinski definition) is 1. The second-order valence-electron chi connectivity index (χ2n) is 7.86. The number of likely N-dealkylation sites (tertiary alicyclic amines) is 1. The van der Waals surface area contributed by atoms with Gasteiger partial charge in [-0.2, -0.15) is 0 Å². The first-order valence-corrected chi connectivity index (χ1v) is 8.75. The molecular weight excluding hydrogens is 352 g/mol. The van der Waals surface area contributed by atoms with Gasteiger partial charge >= 0.3 is 12.1 Å². The van der Waals surface area contributed by atoms with Crippen LogP contribution in [0.3, 0.4) is 0 Å². The third-order valence-electron chi connectivity index (χ3n) is 4.57. The summed E-state index contributed by atoms with van der Waals surface area (Å²) in [5.74, 6) is -0.430. The lowest BCUT2D eigenvalue weighted by molar-refractivity contribution is -0.142. The largest absolute Gasteiger partial charge is 0.496 e. The summed E-state index contributed by atoms with van der Waals surface area (Å²) in [6.45, 7) is 5.31. The molecule has 8 heteroatoms. The van der Waals surface area contributed by atoms with E-state index in [2.05, 4.69) is 5.16 Å². The van der Waals surface area contributed by atoms with Crippen molar-refractivity contribution in [3.05, 3.63) is 29.8 Å². The number of carbonyl (C=O) groups excluding carboxylic acids is 1.